The number of aliphatic hydroxyl groups excluding tert-OH is 1. The Morgan fingerprint density at radius 2 is 1.73 bits per heavy atom. The first-order valence-electron chi connectivity index (χ1n) is 8.54. The van der Waals surface area contributed by atoms with Crippen LogP contribution in [0.2, 0.25) is 0 Å². The molecule has 0 radical (unpaired) electrons. The number of β-amino-alcohol motifs (C(OH)–C–C–N with tert-alkyl or cyclic N) is 1. The summed E-state index contributed by atoms with van der Waals surface area (Å²) >= 11 is 0. The summed E-state index contributed by atoms with van der Waals surface area (Å²) in [5, 5.41) is 10.2. The summed E-state index contributed by atoms with van der Waals surface area (Å²) in [4.78, 5) is 27.7. The van der Waals surface area contributed by atoms with E-state index in [4.69, 9.17) is 4.74 Å². The molecule has 0 bridgehead atoms. The summed E-state index contributed by atoms with van der Waals surface area (Å²) in [7, 11) is 0. The van der Waals surface area contributed by atoms with E-state index >= 15 is 0 Å². The lowest BCUT2D eigenvalue weighted by Gasteiger charge is -2.21. The number of urea groups is 1. The largest absolute Gasteiger partial charge is 0.491 e. The number of ether oxygens (including phenoxy) is 1. The van der Waals surface area contributed by atoms with Gasteiger partial charge in [0.1, 0.15) is 24.5 Å². The van der Waals surface area contributed by atoms with Gasteiger partial charge >= 0.3 is 6.03 Å². The minimum absolute atomic E-state index is 0.0000139. The normalized spacial score (nSPS) is 18.3. The minimum atomic E-state index is -0.965. The molecule has 3 amide bonds. The topological polar surface area (TPSA) is 70.1 Å². The first kappa shape index (κ1) is 17.9. The van der Waals surface area contributed by atoms with E-state index in [1.54, 1.807) is 19.1 Å². The van der Waals surface area contributed by atoms with Crippen molar-refractivity contribution in [3.05, 3.63) is 60.2 Å². The second-order valence-corrected chi connectivity index (χ2v) is 6.39. The summed E-state index contributed by atoms with van der Waals surface area (Å²) in [6, 6.07) is 15.5. The maximum atomic E-state index is 12.7. The molecular formula is C20H22N2O4. The van der Waals surface area contributed by atoms with Crippen LogP contribution < -0.4 is 9.64 Å². The number of anilines is 1. The lowest BCUT2D eigenvalue weighted by Crippen LogP contribution is -2.40. The van der Waals surface area contributed by atoms with Crippen molar-refractivity contribution in [2.24, 2.45) is 0 Å². The molecule has 2 aromatic carbocycles. The van der Waals surface area contributed by atoms with Gasteiger partial charge in [-0.15, -0.1) is 0 Å². The van der Waals surface area contributed by atoms with Crippen LogP contribution in [0.25, 0.3) is 0 Å². The van der Waals surface area contributed by atoms with Crippen molar-refractivity contribution in [3.63, 3.8) is 0 Å². The lowest BCUT2D eigenvalue weighted by molar-refractivity contribution is -0.128. The van der Waals surface area contributed by atoms with Crippen LogP contribution >= 0.6 is 0 Å². The number of imide groups is 1. The zero-order valence-electron chi connectivity index (χ0n) is 14.8. The predicted molar refractivity (Wildman–Crippen MR) is 98.2 cm³/mol. The molecule has 1 heterocycles. The van der Waals surface area contributed by atoms with Crippen molar-refractivity contribution >= 4 is 17.6 Å². The van der Waals surface area contributed by atoms with E-state index in [2.05, 4.69) is 0 Å². The molecular weight excluding hydrogens is 332 g/mol. The van der Waals surface area contributed by atoms with Crippen molar-refractivity contribution in [1.82, 2.24) is 4.90 Å². The Morgan fingerprint density at radius 3 is 2.38 bits per heavy atom. The number of carbonyl (C=O) groups is 2. The number of rotatable bonds is 6. The van der Waals surface area contributed by atoms with Gasteiger partial charge < -0.3 is 9.84 Å². The summed E-state index contributed by atoms with van der Waals surface area (Å²) in [5.74, 6) is 0.301. The molecule has 3 rings (SSSR count). The van der Waals surface area contributed by atoms with Crippen LogP contribution in [-0.4, -0.2) is 47.2 Å². The molecule has 1 N–H and O–H groups in total. The average Bonchev–Trinajstić information content (AvgIpc) is 2.85. The first-order chi connectivity index (χ1) is 12.5. The van der Waals surface area contributed by atoms with E-state index in [1.165, 1.54) is 4.90 Å². The monoisotopic (exact) mass is 354 g/mol. The van der Waals surface area contributed by atoms with Gasteiger partial charge in [0.05, 0.1) is 6.54 Å². The molecule has 1 aliphatic heterocycles. The van der Waals surface area contributed by atoms with Crippen LogP contribution in [0.4, 0.5) is 10.5 Å². The van der Waals surface area contributed by atoms with Crippen LogP contribution in [0, 0.1) is 6.92 Å². The maximum Gasteiger partial charge on any atom is 0.332 e. The number of hydrogen-bond acceptors (Lipinski definition) is 4. The number of aliphatic hydroxyl groups is 1. The van der Waals surface area contributed by atoms with E-state index in [-0.39, 0.29) is 19.1 Å². The van der Waals surface area contributed by atoms with Gasteiger partial charge in [-0.25, -0.2) is 4.79 Å². The minimum Gasteiger partial charge on any atom is -0.491 e. The van der Waals surface area contributed by atoms with Crippen LogP contribution in [0.3, 0.4) is 0 Å². The fourth-order valence-corrected chi connectivity index (χ4v) is 2.91. The Kier molecular flexibility index (Phi) is 5.23. The molecule has 1 aliphatic rings. The Labute approximate surface area is 152 Å². The number of benzene rings is 2. The SMILES string of the molecule is Cc1ccc(N2C(=O)N(C[C@@H](O)COc3ccccc3)C(=O)[C@@H]2C)cc1. The van der Waals surface area contributed by atoms with Gasteiger partial charge in [-0.2, -0.15) is 0 Å². The molecule has 0 spiro atoms. The highest BCUT2D eigenvalue weighted by Gasteiger charge is 2.43. The van der Waals surface area contributed by atoms with Crippen molar-refractivity contribution in [1.29, 1.82) is 0 Å². The summed E-state index contributed by atoms with van der Waals surface area (Å²) in [6.07, 6.45) is -0.965. The van der Waals surface area contributed by atoms with Gasteiger partial charge in [-0.1, -0.05) is 35.9 Å². The molecule has 0 unspecified atom stereocenters. The number of amides is 3. The molecule has 2 aromatic rings. The van der Waals surface area contributed by atoms with Crippen molar-refractivity contribution < 1.29 is 19.4 Å². The van der Waals surface area contributed by atoms with Gasteiger partial charge in [-0.05, 0) is 38.1 Å². The summed E-state index contributed by atoms with van der Waals surface area (Å²) in [5.41, 5.74) is 1.74. The third-order valence-corrected chi connectivity index (χ3v) is 4.34. The Bertz CT molecular complexity index is 776. The van der Waals surface area contributed by atoms with Crippen LogP contribution in [-0.2, 0) is 4.79 Å². The lowest BCUT2D eigenvalue weighted by atomic mass is 10.2. The van der Waals surface area contributed by atoms with Crippen molar-refractivity contribution in [2.45, 2.75) is 26.0 Å². The van der Waals surface area contributed by atoms with Gasteiger partial charge in [0.15, 0.2) is 0 Å². The highest BCUT2D eigenvalue weighted by molar-refractivity contribution is 6.14. The number of aryl methyl sites for hydroxylation is 1. The molecule has 2 atom stereocenters. The molecule has 6 nitrogen and oxygen atoms in total. The quantitative estimate of drug-likeness (QED) is 0.810. The molecule has 0 aromatic heterocycles. The highest BCUT2D eigenvalue weighted by atomic mass is 16.5. The second kappa shape index (κ2) is 7.58. The molecule has 26 heavy (non-hydrogen) atoms. The average molecular weight is 354 g/mol. The van der Waals surface area contributed by atoms with Gasteiger partial charge in [-0.3, -0.25) is 14.6 Å². The predicted octanol–water partition coefficient (Wildman–Crippen LogP) is 2.59. The number of nitrogens with zero attached hydrogens (tertiary/aromatic N) is 2. The van der Waals surface area contributed by atoms with E-state index in [1.807, 2.05) is 49.4 Å². The molecule has 1 saturated heterocycles. The van der Waals surface area contributed by atoms with Crippen molar-refractivity contribution in [2.75, 3.05) is 18.1 Å². The van der Waals surface area contributed by atoms with E-state index in [0.717, 1.165) is 10.5 Å². The Hall–Kier alpha value is -2.86. The molecule has 6 heteroatoms. The maximum absolute atomic E-state index is 12.7. The van der Waals surface area contributed by atoms with Gasteiger partial charge in [0, 0.05) is 5.69 Å². The standard InChI is InChI=1S/C20H22N2O4/c1-14-8-10-16(11-9-14)22-15(2)19(24)21(20(22)25)12-17(23)13-26-18-6-4-3-5-7-18/h3-11,15,17,23H,12-13H2,1-2H3/t15-,17+/m0/s1. The summed E-state index contributed by atoms with van der Waals surface area (Å²) in [6.45, 7) is 3.55. The number of carbonyl (C=O) groups excluding carboxylic acids is 2. The Balaban J connectivity index is 1.65. The van der Waals surface area contributed by atoms with E-state index < -0.39 is 18.2 Å². The third kappa shape index (κ3) is 3.70. The van der Waals surface area contributed by atoms with Gasteiger partial charge in [0.25, 0.3) is 5.91 Å². The fraction of sp³-hybridized carbons (Fsp3) is 0.300. The molecule has 136 valence electrons. The van der Waals surface area contributed by atoms with E-state index in [9.17, 15) is 14.7 Å². The van der Waals surface area contributed by atoms with Gasteiger partial charge in [0.2, 0.25) is 0 Å². The van der Waals surface area contributed by atoms with Crippen LogP contribution in [0.1, 0.15) is 12.5 Å². The highest BCUT2D eigenvalue weighted by Crippen LogP contribution is 2.26. The van der Waals surface area contributed by atoms with Crippen molar-refractivity contribution in [3.8, 4) is 5.75 Å². The molecule has 1 fully saturated rings. The smallest absolute Gasteiger partial charge is 0.332 e. The second-order valence-electron chi connectivity index (χ2n) is 6.39. The van der Waals surface area contributed by atoms with Crippen LogP contribution in [0.15, 0.2) is 54.6 Å². The zero-order chi connectivity index (χ0) is 18.7. The number of para-hydroxylation sites is 1. The summed E-state index contributed by atoms with van der Waals surface area (Å²) < 4.78 is 5.49. The molecule has 0 aliphatic carbocycles. The van der Waals surface area contributed by atoms with Crippen LogP contribution in [0.5, 0.6) is 5.75 Å². The Morgan fingerprint density at radius 1 is 1.08 bits per heavy atom. The first-order valence-corrected chi connectivity index (χ1v) is 8.54. The third-order valence-electron chi connectivity index (χ3n) is 4.34. The molecule has 0 saturated carbocycles. The number of hydrogen-bond donors (Lipinski definition) is 1. The van der Waals surface area contributed by atoms with E-state index in [0.29, 0.717) is 11.4 Å². The zero-order valence-corrected chi connectivity index (χ0v) is 14.8. The fourth-order valence-electron chi connectivity index (χ4n) is 2.91.